The molecule has 0 radical (unpaired) electrons. The highest BCUT2D eigenvalue weighted by Crippen LogP contribution is 2.24. The topological polar surface area (TPSA) is 23.5 Å². The molecule has 1 N–H and O–H groups in total. The molecule has 1 rings (SSSR count). The molecule has 1 aromatic rings. The third-order valence-electron chi connectivity index (χ3n) is 2.58. The lowest BCUT2D eigenvalue weighted by atomic mass is 10.1. The van der Waals surface area contributed by atoms with Gasteiger partial charge in [0.05, 0.1) is 0 Å². The second-order valence-corrected chi connectivity index (χ2v) is 5.21. The minimum atomic E-state index is 0.0921. The third-order valence-corrected chi connectivity index (χ3v) is 2.95. The number of benzene rings is 1. The maximum absolute atomic E-state index is 9.38. The van der Waals surface area contributed by atoms with Crippen molar-refractivity contribution >= 4 is 11.6 Å². The van der Waals surface area contributed by atoms with Crippen LogP contribution in [0.25, 0.3) is 0 Å². The third kappa shape index (κ3) is 3.40. The lowest BCUT2D eigenvalue weighted by molar-refractivity contribution is 0.167. The zero-order valence-corrected chi connectivity index (χ0v) is 10.5. The van der Waals surface area contributed by atoms with Crippen molar-refractivity contribution in [3.8, 4) is 5.75 Å². The lowest BCUT2D eigenvalue weighted by Gasteiger charge is -2.32. The maximum Gasteiger partial charge on any atom is 0.116 e. The van der Waals surface area contributed by atoms with Crippen molar-refractivity contribution in [3.05, 3.63) is 28.8 Å². The van der Waals surface area contributed by atoms with E-state index in [0.29, 0.717) is 5.02 Å². The molecule has 0 unspecified atom stereocenters. The van der Waals surface area contributed by atoms with E-state index in [1.807, 2.05) is 7.05 Å². The number of hydrogen-bond donors (Lipinski definition) is 1. The molecule has 1 aromatic carbocycles. The first kappa shape index (κ1) is 12.3. The van der Waals surface area contributed by atoms with Crippen molar-refractivity contribution in [1.82, 2.24) is 4.90 Å². The summed E-state index contributed by atoms with van der Waals surface area (Å²) in [5.74, 6) is 0.261. The van der Waals surface area contributed by atoms with Crippen LogP contribution in [0.3, 0.4) is 0 Å². The molecule has 0 saturated heterocycles. The van der Waals surface area contributed by atoms with E-state index >= 15 is 0 Å². The highest BCUT2D eigenvalue weighted by Gasteiger charge is 2.17. The van der Waals surface area contributed by atoms with Gasteiger partial charge in [0, 0.05) is 17.1 Å². The Kier molecular flexibility index (Phi) is 3.63. The van der Waals surface area contributed by atoms with E-state index in [1.165, 1.54) is 0 Å². The molecule has 0 aliphatic rings. The fraction of sp³-hybridized carbons (Fsp3) is 0.500. The Morgan fingerprint density at radius 2 is 1.93 bits per heavy atom. The predicted octanol–water partition coefficient (Wildman–Crippen LogP) is 3.28. The van der Waals surface area contributed by atoms with Crippen LogP contribution in [-0.4, -0.2) is 22.6 Å². The van der Waals surface area contributed by atoms with Crippen LogP contribution in [0.4, 0.5) is 0 Å². The van der Waals surface area contributed by atoms with Crippen LogP contribution in [0.5, 0.6) is 5.75 Å². The van der Waals surface area contributed by atoms with Gasteiger partial charge in [-0.05, 0) is 51.6 Å². The van der Waals surface area contributed by atoms with Gasteiger partial charge in [0.25, 0.3) is 0 Å². The smallest absolute Gasteiger partial charge is 0.116 e. The molecule has 0 spiro atoms. The van der Waals surface area contributed by atoms with Gasteiger partial charge in [0.1, 0.15) is 5.75 Å². The van der Waals surface area contributed by atoms with Crippen LogP contribution in [-0.2, 0) is 6.54 Å². The summed E-state index contributed by atoms with van der Waals surface area (Å²) in [7, 11) is 2.04. The molecule has 84 valence electrons. The highest BCUT2D eigenvalue weighted by atomic mass is 35.5. The van der Waals surface area contributed by atoms with Gasteiger partial charge in [0.15, 0.2) is 0 Å². The highest BCUT2D eigenvalue weighted by molar-refractivity contribution is 6.31. The number of halogens is 1. The second kappa shape index (κ2) is 4.42. The predicted molar refractivity (Wildman–Crippen MR) is 64.3 cm³/mol. The van der Waals surface area contributed by atoms with E-state index in [4.69, 9.17) is 11.6 Å². The Morgan fingerprint density at radius 1 is 1.33 bits per heavy atom. The SMILES string of the molecule is CN(Cc1cc(O)ccc1Cl)C(C)(C)C. The molecule has 0 aliphatic carbocycles. The molecule has 0 amide bonds. The fourth-order valence-corrected chi connectivity index (χ4v) is 1.35. The van der Waals surface area contributed by atoms with Crippen molar-refractivity contribution in [1.29, 1.82) is 0 Å². The van der Waals surface area contributed by atoms with Crippen molar-refractivity contribution in [2.75, 3.05) is 7.05 Å². The summed E-state index contributed by atoms with van der Waals surface area (Å²) in [5, 5.41) is 10.1. The Morgan fingerprint density at radius 3 is 2.47 bits per heavy atom. The molecule has 0 heterocycles. The molecular formula is C12H18ClNO. The Labute approximate surface area is 96.5 Å². The van der Waals surface area contributed by atoms with Gasteiger partial charge in [-0.25, -0.2) is 0 Å². The molecule has 15 heavy (non-hydrogen) atoms. The van der Waals surface area contributed by atoms with E-state index in [1.54, 1.807) is 18.2 Å². The number of aromatic hydroxyl groups is 1. The van der Waals surface area contributed by atoms with E-state index in [0.717, 1.165) is 12.1 Å². The lowest BCUT2D eigenvalue weighted by Crippen LogP contribution is -2.37. The molecule has 0 fully saturated rings. The standard InChI is InChI=1S/C12H18ClNO/c1-12(2,3)14(4)8-9-7-10(15)5-6-11(9)13/h5-7,15H,8H2,1-4H3. The minimum Gasteiger partial charge on any atom is -0.508 e. The first-order chi connectivity index (χ1) is 6.80. The summed E-state index contributed by atoms with van der Waals surface area (Å²) in [5.41, 5.74) is 1.04. The van der Waals surface area contributed by atoms with Gasteiger partial charge >= 0.3 is 0 Å². The van der Waals surface area contributed by atoms with Crippen LogP contribution in [0.2, 0.25) is 5.02 Å². The number of phenolic OH excluding ortho intramolecular Hbond substituents is 1. The second-order valence-electron chi connectivity index (χ2n) is 4.80. The van der Waals surface area contributed by atoms with Crippen molar-refractivity contribution in [2.24, 2.45) is 0 Å². The van der Waals surface area contributed by atoms with Crippen LogP contribution in [0, 0.1) is 0 Å². The van der Waals surface area contributed by atoms with Gasteiger partial charge in [0.2, 0.25) is 0 Å². The molecule has 3 heteroatoms. The van der Waals surface area contributed by atoms with Gasteiger partial charge in [-0.1, -0.05) is 11.6 Å². The first-order valence-electron chi connectivity index (χ1n) is 4.99. The number of phenols is 1. The van der Waals surface area contributed by atoms with Crippen LogP contribution < -0.4 is 0 Å². The van der Waals surface area contributed by atoms with Crippen LogP contribution in [0.15, 0.2) is 18.2 Å². The zero-order valence-electron chi connectivity index (χ0n) is 9.71. The average Bonchev–Trinajstić information content (AvgIpc) is 2.09. The molecule has 0 bridgehead atoms. The van der Waals surface area contributed by atoms with Gasteiger partial charge in [-0.3, -0.25) is 4.90 Å². The van der Waals surface area contributed by atoms with Gasteiger partial charge in [-0.2, -0.15) is 0 Å². The van der Waals surface area contributed by atoms with Crippen LogP contribution >= 0.6 is 11.6 Å². The molecular weight excluding hydrogens is 210 g/mol. The zero-order chi connectivity index (χ0) is 11.6. The van der Waals surface area contributed by atoms with E-state index in [2.05, 4.69) is 25.7 Å². The fourth-order valence-electron chi connectivity index (χ4n) is 1.18. The summed E-state index contributed by atoms with van der Waals surface area (Å²) in [4.78, 5) is 2.19. The Balaban J connectivity index is 2.85. The van der Waals surface area contributed by atoms with Gasteiger partial charge < -0.3 is 5.11 Å². The summed E-state index contributed by atoms with van der Waals surface area (Å²) in [6.45, 7) is 7.16. The average molecular weight is 228 g/mol. The Bertz CT molecular complexity index is 344. The molecule has 0 aliphatic heterocycles. The number of hydrogen-bond acceptors (Lipinski definition) is 2. The normalized spacial score (nSPS) is 12.1. The summed E-state index contributed by atoms with van der Waals surface area (Å²) in [6, 6.07) is 5.04. The van der Waals surface area contributed by atoms with E-state index < -0.39 is 0 Å². The first-order valence-corrected chi connectivity index (χ1v) is 5.37. The monoisotopic (exact) mass is 227 g/mol. The van der Waals surface area contributed by atoms with E-state index in [9.17, 15) is 5.11 Å². The van der Waals surface area contributed by atoms with E-state index in [-0.39, 0.29) is 11.3 Å². The van der Waals surface area contributed by atoms with Crippen LogP contribution in [0.1, 0.15) is 26.3 Å². The van der Waals surface area contributed by atoms with Crippen molar-refractivity contribution in [3.63, 3.8) is 0 Å². The number of rotatable bonds is 2. The molecule has 2 nitrogen and oxygen atoms in total. The summed E-state index contributed by atoms with van der Waals surface area (Å²) in [6.07, 6.45) is 0. The van der Waals surface area contributed by atoms with Gasteiger partial charge in [-0.15, -0.1) is 0 Å². The molecule has 0 atom stereocenters. The summed E-state index contributed by atoms with van der Waals surface area (Å²) >= 11 is 6.05. The minimum absolute atomic E-state index is 0.0921. The Hall–Kier alpha value is -0.730. The molecule has 0 saturated carbocycles. The van der Waals surface area contributed by atoms with Crippen molar-refractivity contribution in [2.45, 2.75) is 32.9 Å². The quantitative estimate of drug-likeness (QED) is 0.838. The molecule has 0 aromatic heterocycles. The number of nitrogens with zero attached hydrogens (tertiary/aromatic N) is 1. The largest absolute Gasteiger partial charge is 0.508 e. The summed E-state index contributed by atoms with van der Waals surface area (Å²) < 4.78 is 0. The van der Waals surface area contributed by atoms with Crippen molar-refractivity contribution < 1.29 is 5.11 Å². The maximum atomic E-state index is 9.38.